The predicted molar refractivity (Wildman–Crippen MR) is 80.7 cm³/mol. The number of rotatable bonds is 5. The number of hydrogen-bond acceptors (Lipinski definition) is 4. The van der Waals surface area contributed by atoms with Crippen LogP contribution in [0.2, 0.25) is 0 Å². The zero-order chi connectivity index (χ0) is 15.6. The molecule has 1 aromatic heterocycles. The highest BCUT2D eigenvalue weighted by Crippen LogP contribution is 2.19. The van der Waals surface area contributed by atoms with Crippen molar-refractivity contribution in [1.82, 2.24) is 14.9 Å². The second kappa shape index (κ2) is 5.85. The molecular formula is C14H19N3O3S. The predicted octanol–water partition coefficient (Wildman–Crippen LogP) is 1.35. The van der Waals surface area contributed by atoms with Crippen LogP contribution in [0.4, 0.5) is 0 Å². The van der Waals surface area contributed by atoms with Gasteiger partial charge in [-0.1, -0.05) is 19.1 Å². The number of carbonyl (C=O) groups is 1. The number of sulfone groups is 1. The Morgan fingerprint density at radius 2 is 2.05 bits per heavy atom. The first-order chi connectivity index (χ1) is 9.82. The monoisotopic (exact) mass is 309 g/mol. The number of hydrogen-bond donors (Lipinski definition) is 1. The number of nitrogens with one attached hydrogen (secondary N) is 1. The van der Waals surface area contributed by atoms with Crippen LogP contribution in [0.15, 0.2) is 29.4 Å². The molecule has 0 unspecified atom stereocenters. The zero-order valence-electron chi connectivity index (χ0n) is 12.3. The maximum atomic E-state index is 12.0. The van der Waals surface area contributed by atoms with Gasteiger partial charge in [0.05, 0.1) is 11.0 Å². The molecule has 1 amide bonds. The number of para-hydroxylation sites is 2. The van der Waals surface area contributed by atoms with E-state index in [1.54, 1.807) is 24.3 Å². The molecule has 7 heteroatoms. The minimum atomic E-state index is -3.50. The molecule has 6 nitrogen and oxygen atoms in total. The Labute approximate surface area is 124 Å². The van der Waals surface area contributed by atoms with Gasteiger partial charge in [-0.3, -0.25) is 4.79 Å². The molecule has 0 saturated carbocycles. The Bertz CT molecular complexity index is 765. The molecule has 2 rings (SSSR count). The van der Waals surface area contributed by atoms with Crippen molar-refractivity contribution in [2.24, 2.45) is 0 Å². The molecule has 0 aliphatic heterocycles. The molecule has 1 N–H and O–H groups in total. The van der Waals surface area contributed by atoms with Crippen molar-refractivity contribution < 1.29 is 13.2 Å². The summed E-state index contributed by atoms with van der Waals surface area (Å²) >= 11 is 0. The Morgan fingerprint density at radius 1 is 1.38 bits per heavy atom. The third-order valence-corrected chi connectivity index (χ3v) is 4.25. The maximum Gasteiger partial charge on any atom is 0.240 e. The number of benzene rings is 1. The standard InChI is InChI=1S/C14H19N3O3S/c1-4-10(2)15-13(18)9-17-12-8-6-5-7-11(12)16-14(17)21(3,19)20/h5-8,10H,4,9H2,1-3H3,(H,15,18)/t10-/m0/s1. The molecule has 0 bridgehead atoms. The Morgan fingerprint density at radius 3 is 2.67 bits per heavy atom. The maximum absolute atomic E-state index is 12.0. The highest BCUT2D eigenvalue weighted by Gasteiger charge is 2.21. The number of amides is 1. The second-order valence-electron chi connectivity index (χ2n) is 5.12. The van der Waals surface area contributed by atoms with Crippen LogP contribution in [0.25, 0.3) is 11.0 Å². The summed E-state index contributed by atoms with van der Waals surface area (Å²) in [7, 11) is -3.50. The SMILES string of the molecule is CC[C@H](C)NC(=O)Cn1c(S(C)(=O)=O)nc2ccccc21. The topological polar surface area (TPSA) is 81.1 Å². The fourth-order valence-electron chi connectivity index (χ4n) is 2.06. The van der Waals surface area contributed by atoms with E-state index in [9.17, 15) is 13.2 Å². The Hall–Kier alpha value is -1.89. The number of aromatic nitrogens is 2. The molecule has 114 valence electrons. The Balaban J connectivity index is 2.44. The van der Waals surface area contributed by atoms with Gasteiger partial charge in [0.25, 0.3) is 0 Å². The van der Waals surface area contributed by atoms with Gasteiger partial charge in [0.1, 0.15) is 6.54 Å². The quantitative estimate of drug-likeness (QED) is 0.904. The molecule has 1 aromatic carbocycles. The normalized spacial score (nSPS) is 13.3. The van der Waals surface area contributed by atoms with Crippen molar-refractivity contribution in [3.8, 4) is 0 Å². The van der Waals surface area contributed by atoms with Gasteiger partial charge in [0.15, 0.2) is 0 Å². The summed E-state index contributed by atoms with van der Waals surface area (Å²) in [6.07, 6.45) is 1.91. The van der Waals surface area contributed by atoms with Crippen molar-refractivity contribution in [2.75, 3.05) is 6.26 Å². The molecule has 1 atom stereocenters. The van der Waals surface area contributed by atoms with E-state index in [1.807, 2.05) is 13.8 Å². The van der Waals surface area contributed by atoms with Crippen molar-refractivity contribution >= 4 is 26.8 Å². The van der Waals surface area contributed by atoms with Gasteiger partial charge < -0.3 is 9.88 Å². The number of fused-ring (bicyclic) bond motifs is 1. The van der Waals surface area contributed by atoms with Gasteiger partial charge in [0.2, 0.25) is 20.9 Å². The first-order valence-electron chi connectivity index (χ1n) is 6.77. The minimum absolute atomic E-state index is 0.0500. The molecule has 0 saturated heterocycles. The lowest BCUT2D eigenvalue weighted by Gasteiger charge is -2.13. The van der Waals surface area contributed by atoms with Gasteiger partial charge in [-0.2, -0.15) is 0 Å². The lowest BCUT2D eigenvalue weighted by atomic mass is 10.2. The summed E-state index contributed by atoms with van der Waals surface area (Å²) in [6.45, 7) is 3.81. The second-order valence-corrected chi connectivity index (χ2v) is 7.03. The lowest BCUT2D eigenvalue weighted by Crippen LogP contribution is -2.35. The fraction of sp³-hybridized carbons (Fsp3) is 0.429. The summed E-state index contributed by atoms with van der Waals surface area (Å²) in [5, 5.41) is 2.75. The highest BCUT2D eigenvalue weighted by atomic mass is 32.2. The van der Waals surface area contributed by atoms with Crippen LogP contribution in [0.5, 0.6) is 0 Å². The van der Waals surface area contributed by atoms with E-state index in [0.717, 1.165) is 12.7 Å². The van der Waals surface area contributed by atoms with E-state index in [2.05, 4.69) is 10.3 Å². The average Bonchev–Trinajstić information content (AvgIpc) is 2.77. The molecular weight excluding hydrogens is 290 g/mol. The summed E-state index contributed by atoms with van der Waals surface area (Å²) < 4.78 is 25.2. The molecule has 0 spiro atoms. The van der Waals surface area contributed by atoms with Crippen LogP contribution in [0.3, 0.4) is 0 Å². The molecule has 0 aliphatic carbocycles. The van der Waals surface area contributed by atoms with Crippen LogP contribution in [0.1, 0.15) is 20.3 Å². The van der Waals surface area contributed by atoms with Gasteiger partial charge in [-0.05, 0) is 25.5 Å². The molecule has 2 aromatic rings. The zero-order valence-corrected chi connectivity index (χ0v) is 13.1. The van der Waals surface area contributed by atoms with Crippen LogP contribution in [-0.2, 0) is 21.2 Å². The summed E-state index contributed by atoms with van der Waals surface area (Å²) in [4.78, 5) is 16.2. The van der Waals surface area contributed by atoms with E-state index < -0.39 is 9.84 Å². The van der Waals surface area contributed by atoms with Gasteiger partial charge in [-0.25, -0.2) is 13.4 Å². The van der Waals surface area contributed by atoms with Crippen LogP contribution in [-0.4, -0.2) is 36.2 Å². The van der Waals surface area contributed by atoms with Gasteiger partial charge in [0, 0.05) is 12.3 Å². The van der Waals surface area contributed by atoms with Crippen molar-refractivity contribution in [3.05, 3.63) is 24.3 Å². The van der Waals surface area contributed by atoms with Gasteiger partial charge >= 0.3 is 0 Å². The van der Waals surface area contributed by atoms with Crippen molar-refractivity contribution in [3.63, 3.8) is 0 Å². The summed E-state index contributed by atoms with van der Waals surface area (Å²) in [6, 6.07) is 7.11. The molecule has 1 heterocycles. The fourth-order valence-corrected chi connectivity index (χ4v) is 2.88. The average molecular weight is 309 g/mol. The van der Waals surface area contributed by atoms with Gasteiger partial charge in [-0.15, -0.1) is 0 Å². The number of imidazole rings is 1. The number of nitrogens with zero attached hydrogens (tertiary/aromatic N) is 2. The molecule has 0 radical (unpaired) electrons. The molecule has 21 heavy (non-hydrogen) atoms. The van der Waals surface area contributed by atoms with Crippen molar-refractivity contribution in [1.29, 1.82) is 0 Å². The van der Waals surface area contributed by atoms with Crippen molar-refractivity contribution in [2.45, 2.75) is 38.0 Å². The van der Waals surface area contributed by atoms with E-state index in [0.29, 0.717) is 11.0 Å². The Kier molecular flexibility index (Phi) is 4.32. The third-order valence-electron chi connectivity index (χ3n) is 3.27. The van der Waals surface area contributed by atoms with E-state index in [-0.39, 0.29) is 23.7 Å². The third kappa shape index (κ3) is 3.41. The lowest BCUT2D eigenvalue weighted by molar-refractivity contribution is -0.122. The van der Waals surface area contributed by atoms with E-state index in [1.165, 1.54) is 4.57 Å². The first-order valence-corrected chi connectivity index (χ1v) is 8.66. The van der Waals surface area contributed by atoms with Crippen LogP contribution >= 0.6 is 0 Å². The smallest absolute Gasteiger partial charge is 0.240 e. The number of carbonyl (C=O) groups excluding carboxylic acids is 1. The van der Waals surface area contributed by atoms with Crippen LogP contribution in [0, 0.1) is 0 Å². The minimum Gasteiger partial charge on any atom is -0.352 e. The molecule has 0 fully saturated rings. The summed E-state index contributed by atoms with van der Waals surface area (Å²) in [5.41, 5.74) is 1.20. The first kappa shape index (κ1) is 15.5. The van der Waals surface area contributed by atoms with Crippen LogP contribution < -0.4 is 5.32 Å². The van der Waals surface area contributed by atoms with E-state index >= 15 is 0 Å². The van der Waals surface area contributed by atoms with E-state index in [4.69, 9.17) is 0 Å². The summed E-state index contributed by atoms with van der Waals surface area (Å²) in [5.74, 6) is -0.225. The highest BCUT2D eigenvalue weighted by molar-refractivity contribution is 7.90. The molecule has 0 aliphatic rings. The largest absolute Gasteiger partial charge is 0.352 e.